The Morgan fingerprint density at radius 1 is 1.47 bits per heavy atom. The molecule has 1 rings (SSSR count). The fraction of sp³-hybridized carbons (Fsp3) is 0.417. The first-order valence-electron chi connectivity index (χ1n) is 4.87. The van der Waals surface area contributed by atoms with Gasteiger partial charge in [-0.05, 0) is 30.5 Å². The topological polar surface area (TPSA) is 33.0 Å². The Labute approximate surface area is 99.0 Å². The van der Waals surface area contributed by atoms with Crippen molar-refractivity contribution in [1.82, 2.24) is 0 Å². The van der Waals surface area contributed by atoms with E-state index in [1.807, 2.05) is 13.0 Å². The summed E-state index contributed by atoms with van der Waals surface area (Å²) in [6.45, 7) is 6.75. The van der Waals surface area contributed by atoms with Gasteiger partial charge in [0.05, 0.1) is 12.2 Å². The summed E-state index contributed by atoms with van der Waals surface area (Å²) in [5.74, 6) is 1.16. The van der Waals surface area contributed by atoms with Gasteiger partial charge in [-0.15, -0.1) is 0 Å². The van der Waals surface area contributed by atoms with Crippen LogP contribution in [-0.4, -0.2) is 6.61 Å². The van der Waals surface area contributed by atoms with Gasteiger partial charge in [-0.2, -0.15) is 5.26 Å². The van der Waals surface area contributed by atoms with Gasteiger partial charge in [0.25, 0.3) is 0 Å². The maximum atomic E-state index is 8.98. The molecule has 0 N–H and O–H groups in total. The van der Waals surface area contributed by atoms with Crippen LogP contribution in [-0.2, 0) is 0 Å². The van der Waals surface area contributed by atoms with Crippen molar-refractivity contribution < 1.29 is 4.74 Å². The SMILES string of the molecule is Cc1cc(Br)cc(C#N)c1OCC(C)C. The number of nitriles is 1. The smallest absolute Gasteiger partial charge is 0.140 e. The predicted octanol–water partition coefficient (Wildman–Crippen LogP) is 3.66. The molecule has 0 fully saturated rings. The summed E-state index contributed by atoms with van der Waals surface area (Å²) < 4.78 is 6.54. The van der Waals surface area contributed by atoms with Crippen LogP contribution >= 0.6 is 15.9 Å². The molecule has 0 aliphatic carbocycles. The fourth-order valence-corrected chi connectivity index (χ4v) is 1.83. The van der Waals surface area contributed by atoms with E-state index in [4.69, 9.17) is 10.00 Å². The second-order valence-electron chi connectivity index (χ2n) is 3.92. The Kier molecular flexibility index (Phi) is 4.16. The molecule has 0 spiro atoms. The highest BCUT2D eigenvalue weighted by Gasteiger charge is 2.09. The molecule has 0 radical (unpaired) electrons. The Bertz CT molecular complexity index is 393. The minimum absolute atomic E-state index is 0.458. The minimum atomic E-state index is 0.458. The molecule has 1 aromatic rings. The molecular weight excluding hydrogens is 254 g/mol. The molecule has 80 valence electrons. The van der Waals surface area contributed by atoms with Crippen molar-refractivity contribution in [3.63, 3.8) is 0 Å². The highest BCUT2D eigenvalue weighted by Crippen LogP contribution is 2.27. The van der Waals surface area contributed by atoms with Crippen molar-refractivity contribution in [2.24, 2.45) is 5.92 Å². The number of benzene rings is 1. The van der Waals surface area contributed by atoms with Gasteiger partial charge < -0.3 is 4.74 Å². The van der Waals surface area contributed by atoms with E-state index < -0.39 is 0 Å². The molecule has 0 heterocycles. The van der Waals surface area contributed by atoms with Gasteiger partial charge in [0.2, 0.25) is 0 Å². The van der Waals surface area contributed by atoms with Crippen LogP contribution in [0.25, 0.3) is 0 Å². The van der Waals surface area contributed by atoms with Gasteiger partial charge in [0.1, 0.15) is 11.8 Å². The van der Waals surface area contributed by atoms with E-state index in [0.29, 0.717) is 23.8 Å². The predicted molar refractivity (Wildman–Crippen MR) is 63.9 cm³/mol. The van der Waals surface area contributed by atoms with E-state index in [-0.39, 0.29) is 0 Å². The summed E-state index contributed by atoms with van der Waals surface area (Å²) in [4.78, 5) is 0. The lowest BCUT2D eigenvalue weighted by Gasteiger charge is -2.12. The molecule has 0 aliphatic heterocycles. The lowest BCUT2D eigenvalue weighted by molar-refractivity contribution is 0.268. The van der Waals surface area contributed by atoms with E-state index in [1.165, 1.54) is 0 Å². The minimum Gasteiger partial charge on any atom is -0.492 e. The molecule has 0 bridgehead atoms. The van der Waals surface area contributed by atoms with Gasteiger partial charge in [-0.3, -0.25) is 0 Å². The average molecular weight is 268 g/mol. The molecule has 0 aromatic heterocycles. The van der Waals surface area contributed by atoms with E-state index in [0.717, 1.165) is 10.0 Å². The van der Waals surface area contributed by atoms with Gasteiger partial charge in [-0.1, -0.05) is 29.8 Å². The molecule has 2 nitrogen and oxygen atoms in total. The molecule has 0 amide bonds. The van der Waals surface area contributed by atoms with E-state index in [9.17, 15) is 0 Å². The van der Waals surface area contributed by atoms with Crippen LogP contribution in [0.1, 0.15) is 25.0 Å². The van der Waals surface area contributed by atoms with Crippen molar-refractivity contribution in [3.8, 4) is 11.8 Å². The van der Waals surface area contributed by atoms with E-state index in [1.54, 1.807) is 6.07 Å². The molecule has 0 unspecified atom stereocenters. The normalized spacial score (nSPS) is 10.1. The summed E-state index contributed by atoms with van der Waals surface area (Å²) in [7, 11) is 0. The first-order chi connectivity index (χ1) is 7.04. The Morgan fingerprint density at radius 2 is 2.13 bits per heavy atom. The number of rotatable bonds is 3. The Balaban J connectivity index is 3.00. The molecule has 0 saturated carbocycles. The van der Waals surface area contributed by atoms with Crippen LogP contribution in [0.15, 0.2) is 16.6 Å². The van der Waals surface area contributed by atoms with Crippen LogP contribution in [0.4, 0.5) is 0 Å². The summed E-state index contributed by atoms with van der Waals surface area (Å²) in [5, 5.41) is 8.98. The zero-order valence-electron chi connectivity index (χ0n) is 9.17. The van der Waals surface area contributed by atoms with Gasteiger partial charge in [0, 0.05) is 4.47 Å². The molecule has 0 atom stereocenters. The summed E-state index contributed by atoms with van der Waals surface area (Å²) in [5.41, 5.74) is 1.57. The van der Waals surface area contributed by atoms with Crippen LogP contribution in [0, 0.1) is 24.2 Å². The lowest BCUT2D eigenvalue weighted by Crippen LogP contribution is -2.06. The van der Waals surface area contributed by atoms with Gasteiger partial charge >= 0.3 is 0 Å². The van der Waals surface area contributed by atoms with Crippen molar-refractivity contribution in [3.05, 3.63) is 27.7 Å². The average Bonchev–Trinajstić information content (AvgIpc) is 2.14. The largest absolute Gasteiger partial charge is 0.492 e. The number of hydrogen-bond donors (Lipinski definition) is 0. The quantitative estimate of drug-likeness (QED) is 0.838. The van der Waals surface area contributed by atoms with Gasteiger partial charge in [0.15, 0.2) is 0 Å². The van der Waals surface area contributed by atoms with Crippen LogP contribution in [0.3, 0.4) is 0 Å². The lowest BCUT2D eigenvalue weighted by atomic mass is 10.1. The zero-order chi connectivity index (χ0) is 11.4. The Morgan fingerprint density at radius 3 is 2.67 bits per heavy atom. The third-order valence-corrected chi connectivity index (χ3v) is 2.38. The maximum Gasteiger partial charge on any atom is 0.140 e. The van der Waals surface area contributed by atoms with Crippen LogP contribution < -0.4 is 4.74 Å². The Hall–Kier alpha value is -1.01. The fourth-order valence-electron chi connectivity index (χ4n) is 1.25. The number of halogens is 1. The summed E-state index contributed by atoms with van der Waals surface area (Å²) >= 11 is 3.36. The zero-order valence-corrected chi connectivity index (χ0v) is 10.8. The second kappa shape index (κ2) is 5.18. The highest BCUT2D eigenvalue weighted by molar-refractivity contribution is 9.10. The first-order valence-corrected chi connectivity index (χ1v) is 5.67. The summed E-state index contributed by atoms with van der Waals surface area (Å²) in [6.07, 6.45) is 0. The number of ether oxygens (including phenoxy) is 1. The molecular formula is C12H14BrNO. The molecule has 0 saturated heterocycles. The maximum absolute atomic E-state index is 8.98. The first kappa shape index (κ1) is 12.1. The highest BCUT2D eigenvalue weighted by atomic mass is 79.9. The van der Waals surface area contributed by atoms with Crippen molar-refractivity contribution in [2.45, 2.75) is 20.8 Å². The standard InChI is InChI=1S/C12H14BrNO/c1-8(2)7-15-12-9(3)4-11(13)5-10(12)6-14/h4-5,8H,7H2,1-3H3. The van der Waals surface area contributed by atoms with Crippen LogP contribution in [0.5, 0.6) is 5.75 Å². The summed E-state index contributed by atoms with van der Waals surface area (Å²) in [6, 6.07) is 5.88. The van der Waals surface area contributed by atoms with E-state index in [2.05, 4.69) is 35.8 Å². The number of nitrogens with zero attached hydrogens (tertiary/aromatic N) is 1. The van der Waals surface area contributed by atoms with Crippen LogP contribution in [0.2, 0.25) is 0 Å². The van der Waals surface area contributed by atoms with E-state index >= 15 is 0 Å². The third-order valence-electron chi connectivity index (χ3n) is 1.92. The van der Waals surface area contributed by atoms with Crippen molar-refractivity contribution >= 4 is 15.9 Å². The third kappa shape index (κ3) is 3.24. The van der Waals surface area contributed by atoms with Gasteiger partial charge in [-0.25, -0.2) is 0 Å². The molecule has 0 aliphatic rings. The number of hydrogen-bond acceptors (Lipinski definition) is 2. The molecule has 15 heavy (non-hydrogen) atoms. The number of aryl methyl sites for hydroxylation is 1. The monoisotopic (exact) mass is 267 g/mol. The van der Waals surface area contributed by atoms with Crippen molar-refractivity contribution in [2.75, 3.05) is 6.61 Å². The second-order valence-corrected chi connectivity index (χ2v) is 4.83. The molecule has 1 aromatic carbocycles. The molecule has 3 heteroatoms. The van der Waals surface area contributed by atoms with Crippen molar-refractivity contribution in [1.29, 1.82) is 5.26 Å².